The highest BCUT2D eigenvalue weighted by Crippen LogP contribution is 2.23. The standard InChI is InChI=1S/C13H22N2O3S/c1-8-5-12(14)13(6-9(8)2)19(17,18)15-10(3)7-11(4)16/h5-6,10-11,15-16H,7,14H2,1-4H3. The minimum absolute atomic E-state index is 0.0908. The number of sulfonamides is 1. The Bertz CT molecular complexity index is 553. The van der Waals surface area contributed by atoms with Crippen molar-refractivity contribution in [3.8, 4) is 0 Å². The molecule has 0 aliphatic carbocycles. The van der Waals surface area contributed by atoms with Crippen LogP contribution in [0.1, 0.15) is 31.4 Å². The lowest BCUT2D eigenvalue weighted by Gasteiger charge is -2.17. The Morgan fingerprint density at radius 1 is 1.26 bits per heavy atom. The third-order valence-electron chi connectivity index (χ3n) is 2.97. The maximum absolute atomic E-state index is 12.2. The zero-order valence-electron chi connectivity index (χ0n) is 11.8. The van der Waals surface area contributed by atoms with Crippen LogP contribution < -0.4 is 10.5 Å². The van der Waals surface area contributed by atoms with Crippen LogP contribution in [-0.2, 0) is 10.0 Å². The van der Waals surface area contributed by atoms with Crippen molar-refractivity contribution in [2.24, 2.45) is 0 Å². The second-order valence-electron chi connectivity index (χ2n) is 5.08. The molecule has 0 heterocycles. The molecule has 0 bridgehead atoms. The number of rotatable bonds is 5. The summed E-state index contributed by atoms with van der Waals surface area (Å²) < 4.78 is 27.0. The number of anilines is 1. The quantitative estimate of drug-likeness (QED) is 0.712. The number of aliphatic hydroxyl groups excluding tert-OH is 1. The molecule has 0 spiro atoms. The Balaban J connectivity index is 3.04. The fourth-order valence-corrected chi connectivity index (χ4v) is 3.39. The number of nitrogens with two attached hydrogens (primary N) is 1. The summed E-state index contributed by atoms with van der Waals surface area (Å²) in [6, 6.07) is 2.87. The first-order chi connectivity index (χ1) is 8.63. The van der Waals surface area contributed by atoms with E-state index in [1.54, 1.807) is 26.0 Å². The van der Waals surface area contributed by atoms with Crippen molar-refractivity contribution in [1.82, 2.24) is 4.72 Å². The summed E-state index contributed by atoms with van der Waals surface area (Å²) in [4.78, 5) is 0.0908. The van der Waals surface area contributed by atoms with Gasteiger partial charge >= 0.3 is 0 Å². The number of hydrogen-bond acceptors (Lipinski definition) is 4. The van der Waals surface area contributed by atoms with Gasteiger partial charge in [0.2, 0.25) is 10.0 Å². The number of aryl methyl sites for hydroxylation is 2. The zero-order chi connectivity index (χ0) is 14.8. The molecule has 0 aromatic heterocycles. The maximum Gasteiger partial charge on any atom is 0.242 e. The molecule has 0 amide bonds. The minimum atomic E-state index is -3.66. The predicted molar refractivity (Wildman–Crippen MR) is 76.4 cm³/mol. The van der Waals surface area contributed by atoms with Crippen molar-refractivity contribution in [2.75, 3.05) is 5.73 Å². The van der Waals surface area contributed by atoms with Crippen molar-refractivity contribution in [1.29, 1.82) is 0 Å². The van der Waals surface area contributed by atoms with Gasteiger partial charge in [-0.2, -0.15) is 0 Å². The van der Waals surface area contributed by atoms with E-state index in [0.29, 0.717) is 6.42 Å². The molecule has 5 nitrogen and oxygen atoms in total. The van der Waals surface area contributed by atoms with Crippen LogP contribution in [0.15, 0.2) is 17.0 Å². The molecule has 1 rings (SSSR count). The third kappa shape index (κ3) is 4.19. The van der Waals surface area contributed by atoms with Gasteiger partial charge in [-0.05, 0) is 57.4 Å². The van der Waals surface area contributed by atoms with E-state index in [4.69, 9.17) is 5.73 Å². The lowest BCUT2D eigenvalue weighted by Crippen LogP contribution is -2.35. The molecule has 1 aromatic carbocycles. The predicted octanol–water partition coefficient (Wildman–Crippen LogP) is 1.32. The first-order valence-corrected chi connectivity index (χ1v) is 7.69. The van der Waals surface area contributed by atoms with Crippen molar-refractivity contribution in [3.63, 3.8) is 0 Å². The van der Waals surface area contributed by atoms with Crippen molar-refractivity contribution in [2.45, 2.75) is 51.2 Å². The zero-order valence-corrected chi connectivity index (χ0v) is 12.6. The Hall–Kier alpha value is -1.11. The van der Waals surface area contributed by atoms with E-state index in [-0.39, 0.29) is 16.6 Å². The van der Waals surface area contributed by atoms with Crippen LogP contribution in [0.25, 0.3) is 0 Å². The minimum Gasteiger partial charge on any atom is -0.398 e. The van der Waals surface area contributed by atoms with Gasteiger partial charge in [-0.3, -0.25) is 0 Å². The van der Waals surface area contributed by atoms with Crippen LogP contribution in [-0.4, -0.2) is 25.7 Å². The second kappa shape index (κ2) is 5.90. The lowest BCUT2D eigenvalue weighted by molar-refractivity contribution is 0.175. The molecule has 0 saturated heterocycles. The van der Waals surface area contributed by atoms with Crippen LogP contribution in [0.5, 0.6) is 0 Å². The van der Waals surface area contributed by atoms with Crippen LogP contribution in [0.2, 0.25) is 0 Å². The average molecular weight is 286 g/mol. The van der Waals surface area contributed by atoms with Crippen LogP contribution in [0.3, 0.4) is 0 Å². The van der Waals surface area contributed by atoms with Gasteiger partial charge < -0.3 is 10.8 Å². The highest BCUT2D eigenvalue weighted by molar-refractivity contribution is 7.89. The number of benzene rings is 1. The molecule has 108 valence electrons. The first kappa shape index (κ1) is 15.9. The molecule has 0 aliphatic heterocycles. The molecule has 4 N–H and O–H groups in total. The van der Waals surface area contributed by atoms with Crippen molar-refractivity contribution in [3.05, 3.63) is 23.3 Å². The Morgan fingerprint density at radius 2 is 1.79 bits per heavy atom. The summed E-state index contributed by atoms with van der Waals surface area (Å²) in [6.45, 7) is 7.05. The Kier molecular flexibility index (Phi) is 4.95. The van der Waals surface area contributed by atoms with Gasteiger partial charge in [0.05, 0.1) is 11.8 Å². The number of aliphatic hydroxyl groups is 1. The molecule has 0 saturated carbocycles. The van der Waals surface area contributed by atoms with Crippen LogP contribution in [0, 0.1) is 13.8 Å². The van der Waals surface area contributed by atoms with E-state index >= 15 is 0 Å². The third-order valence-corrected chi connectivity index (χ3v) is 4.61. The maximum atomic E-state index is 12.2. The number of nitrogens with one attached hydrogen (secondary N) is 1. The summed E-state index contributed by atoms with van der Waals surface area (Å²) in [6.07, 6.45) is -0.209. The van der Waals surface area contributed by atoms with Gasteiger partial charge in [-0.1, -0.05) is 0 Å². The highest BCUT2D eigenvalue weighted by Gasteiger charge is 2.21. The van der Waals surface area contributed by atoms with Crippen LogP contribution in [0.4, 0.5) is 5.69 Å². The highest BCUT2D eigenvalue weighted by atomic mass is 32.2. The number of hydrogen-bond donors (Lipinski definition) is 3. The van der Waals surface area contributed by atoms with E-state index in [1.807, 2.05) is 13.8 Å². The SMILES string of the molecule is Cc1cc(N)c(S(=O)(=O)NC(C)CC(C)O)cc1C. The summed E-state index contributed by atoms with van der Waals surface area (Å²) in [5, 5.41) is 9.27. The molecular weight excluding hydrogens is 264 g/mol. The first-order valence-electron chi connectivity index (χ1n) is 6.20. The molecule has 19 heavy (non-hydrogen) atoms. The van der Waals surface area contributed by atoms with Gasteiger partial charge in [0.25, 0.3) is 0 Å². The Labute approximate surface area is 114 Å². The van der Waals surface area contributed by atoms with E-state index in [0.717, 1.165) is 11.1 Å². The topological polar surface area (TPSA) is 92.4 Å². The van der Waals surface area contributed by atoms with Gasteiger partial charge in [0.1, 0.15) is 4.90 Å². The largest absolute Gasteiger partial charge is 0.398 e. The fourth-order valence-electron chi connectivity index (χ4n) is 1.93. The molecule has 6 heteroatoms. The van der Waals surface area contributed by atoms with Crippen molar-refractivity contribution < 1.29 is 13.5 Å². The van der Waals surface area contributed by atoms with E-state index < -0.39 is 16.1 Å². The second-order valence-corrected chi connectivity index (χ2v) is 6.76. The van der Waals surface area contributed by atoms with Gasteiger partial charge in [0, 0.05) is 6.04 Å². The molecule has 0 aliphatic rings. The smallest absolute Gasteiger partial charge is 0.242 e. The summed E-state index contributed by atoms with van der Waals surface area (Å²) >= 11 is 0. The molecule has 2 unspecified atom stereocenters. The molecule has 0 radical (unpaired) electrons. The molecular formula is C13H22N2O3S. The molecule has 0 fully saturated rings. The van der Waals surface area contributed by atoms with E-state index in [2.05, 4.69) is 4.72 Å². The fraction of sp³-hybridized carbons (Fsp3) is 0.538. The van der Waals surface area contributed by atoms with Crippen LogP contribution >= 0.6 is 0 Å². The Morgan fingerprint density at radius 3 is 2.32 bits per heavy atom. The lowest BCUT2D eigenvalue weighted by atomic mass is 10.1. The van der Waals surface area contributed by atoms with E-state index in [9.17, 15) is 13.5 Å². The monoisotopic (exact) mass is 286 g/mol. The van der Waals surface area contributed by atoms with Gasteiger partial charge in [0.15, 0.2) is 0 Å². The van der Waals surface area contributed by atoms with E-state index in [1.165, 1.54) is 0 Å². The molecule has 1 aromatic rings. The summed E-state index contributed by atoms with van der Waals surface area (Å²) in [5.74, 6) is 0. The summed E-state index contributed by atoms with van der Waals surface area (Å²) in [5.41, 5.74) is 7.85. The number of nitrogen functional groups attached to an aromatic ring is 1. The molecule has 2 atom stereocenters. The van der Waals surface area contributed by atoms with Gasteiger partial charge in [-0.15, -0.1) is 0 Å². The summed E-state index contributed by atoms with van der Waals surface area (Å²) in [7, 11) is -3.66. The normalized spacial score (nSPS) is 15.2. The average Bonchev–Trinajstić information content (AvgIpc) is 2.20. The van der Waals surface area contributed by atoms with Crippen molar-refractivity contribution >= 4 is 15.7 Å². The van der Waals surface area contributed by atoms with Gasteiger partial charge in [-0.25, -0.2) is 13.1 Å².